The Morgan fingerprint density at radius 2 is 1.95 bits per heavy atom. The van der Waals surface area contributed by atoms with Crippen molar-refractivity contribution < 1.29 is 4.74 Å². The van der Waals surface area contributed by atoms with Crippen molar-refractivity contribution in [2.75, 3.05) is 38.1 Å². The molecule has 20 heavy (non-hydrogen) atoms. The number of nitrogens with zero attached hydrogens (tertiary/aromatic N) is 3. The molecule has 112 valence electrons. The average molecular weight is 278 g/mol. The van der Waals surface area contributed by atoms with Crippen LogP contribution in [0.3, 0.4) is 0 Å². The van der Waals surface area contributed by atoms with Gasteiger partial charge in [0.25, 0.3) is 0 Å². The van der Waals surface area contributed by atoms with Gasteiger partial charge in [0.1, 0.15) is 18.2 Å². The third kappa shape index (κ3) is 3.82. The van der Waals surface area contributed by atoms with Gasteiger partial charge < -0.3 is 10.1 Å². The van der Waals surface area contributed by atoms with Gasteiger partial charge in [0.2, 0.25) is 5.88 Å². The number of hydrogen-bond acceptors (Lipinski definition) is 5. The molecule has 1 aromatic rings. The van der Waals surface area contributed by atoms with Crippen LogP contribution in [0.4, 0.5) is 5.82 Å². The Hall–Kier alpha value is -1.36. The SMILES string of the molecule is CCNc1nc(CC)nc(OCCN2CCCC2)c1C. The topological polar surface area (TPSA) is 50.3 Å². The molecule has 0 amide bonds. The Labute approximate surface area is 121 Å². The van der Waals surface area contributed by atoms with Crippen LogP contribution in [0.15, 0.2) is 0 Å². The standard InChI is InChI=1S/C15H26N4O/c1-4-13-17-14(16-5-2)12(3)15(18-13)20-11-10-19-8-6-7-9-19/h4-11H2,1-3H3,(H,16,17,18). The summed E-state index contributed by atoms with van der Waals surface area (Å²) >= 11 is 0. The lowest BCUT2D eigenvalue weighted by molar-refractivity contribution is 0.230. The van der Waals surface area contributed by atoms with Gasteiger partial charge in [-0.15, -0.1) is 0 Å². The van der Waals surface area contributed by atoms with Gasteiger partial charge in [0, 0.05) is 19.5 Å². The molecule has 1 aromatic heterocycles. The van der Waals surface area contributed by atoms with Crippen molar-refractivity contribution in [3.8, 4) is 5.88 Å². The highest BCUT2D eigenvalue weighted by Crippen LogP contribution is 2.22. The molecule has 0 atom stereocenters. The van der Waals surface area contributed by atoms with Gasteiger partial charge in [-0.2, -0.15) is 4.98 Å². The Morgan fingerprint density at radius 3 is 2.60 bits per heavy atom. The number of nitrogens with one attached hydrogen (secondary N) is 1. The monoisotopic (exact) mass is 278 g/mol. The second-order valence-electron chi connectivity index (χ2n) is 5.20. The van der Waals surface area contributed by atoms with Gasteiger partial charge in [0.05, 0.1) is 5.56 Å². The van der Waals surface area contributed by atoms with Gasteiger partial charge in [-0.25, -0.2) is 4.98 Å². The van der Waals surface area contributed by atoms with Crippen LogP contribution in [0.5, 0.6) is 5.88 Å². The minimum atomic E-state index is 0.701. The van der Waals surface area contributed by atoms with E-state index in [1.54, 1.807) is 0 Å². The summed E-state index contributed by atoms with van der Waals surface area (Å²) in [7, 11) is 0. The molecule has 0 aliphatic carbocycles. The fourth-order valence-electron chi connectivity index (χ4n) is 2.46. The fraction of sp³-hybridized carbons (Fsp3) is 0.733. The van der Waals surface area contributed by atoms with Crippen LogP contribution in [0.25, 0.3) is 0 Å². The molecule has 0 bridgehead atoms. The Bertz CT molecular complexity index is 430. The maximum atomic E-state index is 5.90. The first kappa shape index (κ1) is 15.0. The smallest absolute Gasteiger partial charge is 0.221 e. The summed E-state index contributed by atoms with van der Waals surface area (Å²) in [6.07, 6.45) is 3.45. The Balaban J connectivity index is 1.99. The molecule has 5 nitrogen and oxygen atoms in total. The molecular weight excluding hydrogens is 252 g/mol. The average Bonchev–Trinajstić information content (AvgIpc) is 2.96. The molecular formula is C15H26N4O. The number of ether oxygens (including phenoxy) is 1. The summed E-state index contributed by atoms with van der Waals surface area (Å²) in [5, 5.41) is 3.28. The largest absolute Gasteiger partial charge is 0.476 e. The van der Waals surface area contributed by atoms with Crippen molar-refractivity contribution in [2.45, 2.75) is 40.0 Å². The first-order valence-corrected chi connectivity index (χ1v) is 7.71. The van der Waals surface area contributed by atoms with E-state index in [1.165, 1.54) is 25.9 Å². The number of hydrogen-bond donors (Lipinski definition) is 1. The molecule has 1 aliphatic rings. The molecule has 0 unspecified atom stereocenters. The van der Waals surface area contributed by atoms with Crippen molar-refractivity contribution in [1.29, 1.82) is 0 Å². The molecule has 5 heteroatoms. The molecule has 1 saturated heterocycles. The zero-order chi connectivity index (χ0) is 14.4. The third-order valence-corrected chi connectivity index (χ3v) is 3.65. The predicted octanol–water partition coefficient (Wildman–Crippen LogP) is 2.25. The Morgan fingerprint density at radius 1 is 1.20 bits per heavy atom. The van der Waals surface area contributed by atoms with E-state index in [2.05, 4.69) is 34.0 Å². The van der Waals surface area contributed by atoms with E-state index in [-0.39, 0.29) is 0 Å². The lowest BCUT2D eigenvalue weighted by Gasteiger charge is -2.17. The molecule has 1 N–H and O–H groups in total. The van der Waals surface area contributed by atoms with E-state index in [9.17, 15) is 0 Å². The highest BCUT2D eigenvalue weighted by molar-refractivity contribution is 5.48. The van der Waals surface area contributed by atoms with E-state index in [0.29, 0.717) is 6.61 Å². The predicted molar refractivity (Wildman–Crippen MR) is 81.5 cm³/mol. The molecule has 0 spiro atoms. The summed E-state index contributed by atoms with van der Waals surface area (Å²) in [4.78, 5) is 11.5. The Kier molecular flexibility index (Phi) is 5.59. The molecule has 0 radical (unpaired) electrons. The van der Waals surface area contributed by atoms with E-state index >= 15 is 0 Å². The summed E-state index contributed by atoms with van der Waals surface area (Å²) in [6.45, 7) is 11.1. The zero-order valence-electron chi connectivity index (χ0n) is 12.9. The summed E-state index contributed by atoms with van der Waals surface area (Å²) < 4.78 is 5.90. The van der Waals surface area contributed by atoms with Crippen LogP contribution >= 0.6 is 0 Å². The van der Waals surface area contributed by atoms with Crippen molar-refractivity contribution >= 4 is 5.82 Å². The highest BCUT2D eigenvalue weighted by atomic mass is 16.5. The van der Waals surface area contributed by atoms with E-state index in [4.69, 9.17) is 4.74 Å². The minimum absolute atomic E-state index is 0.701. The maximum absolute atomic E-state index is 5.90. The number of anilines is 1. The van der Waals surface area contributed by atoms with Crippen LogP contribution in [-0.2, 0) is 6.42 Å². The first-order chi connectivity index (χ1) is 9.74. The lowest BCUT2D eigenvalue weighted by Crippen LogP contribution is -2.25. The maximum Gasteiger partial charge on any atom is 0.221 e. The summed E-state index contributed by atoms with van der Waals surface area (Å²) in [6, 6.07) is 0. The fourth-order valence-corrected chi connectivity index (χ4v) is 2.46. The normalized spacial score (nSPS) is 15.6. The molecule has 2 heterocycles. The number of aryl methyl sites for hydroxylation is 1. The lowest BCUT2D eigenvalue weighted by atomic mass is 10.3. The number of rotatable bonds is 7. The molecule has 2 rings (SSSR count). The van der Waals surface area contributed by atoms with Crippen molar-refractivity contribution in [2.24, 2.45) is 0 Å². The van der Waals surface area contributed by atoms with E-state index in [1.807, 2.05) is 6.92 Å². The van der Waals surface area contributed by atoms with Crippen LogP contribution in [0, 0.1) is 6.92 Å². The highest BCUT2D eigenvalue weighted by Gasteiger charge is 2.13. The van der Waals surface area contributed by atoms with Gasteiger partial charge in [-0.1, -0.05) is 6.92 Å². The van der Waals surface area contributed by atoms with E-state index in [0.717, 1.165) is 42.6 Å². The molecule has 0 saturated carbocycles. The van der Waals surface area contributed by atoms with Crippen molar-refractivity contribution in [3.63, 3.8) is 0 Å². The van der Waals surface area contributed by atoms with Crippen LogP contribution in [0.1, 0.15) is 38.1 Å². The zero-order valence-corrected chi connectivity index (χ0v) is 12.9. The van der Waals surface area contributed by atoms with Gasteiger partial charge in [-0.3, -0.25) is 4.90 Å². The minimum Gasteiger partial charge on any atom is -0.476 e. The first-order valence-electron chi connectivity index (χ1n) is 7.71. The molecule has 1 fully saturated rings. The third-order valence-electron chi connectivity index (χ3n) is 3.65. The number of aromatic nitrogens is 2. The van der Waals surface area contributed by atoms with Gasteiger partial charge >= 0.3 is 0 Å². The van der Waals surface area contributed by atoms with Crippen LogP contribution in [0.2, 0.25) is 0 Å². The second-order valence-corrected chi connectivity index (χ2v) is 5.20. The quantitative estimate of drug-likeness (QED) is 0.829. The van der Waals surface area contributed by atoms with Crippen LogP contribution < -0.4 is 10.1 Å². The van der Waals surface area contributed by atoms with Crippen molar-refractivity contribution in [1.82, 2.24) is 14.9 Å². The second kappa shape index (κ2) is 7.43. The van der Waals surface area contributed by atoms with Gasteiger partial charge in [0.15, 0.2) is 0 Å². The number of likely N-dealkylation sites (tertiary alicyclic amines) is 1. The summed E-state index contributed by atoms with van der Waals surface area (Å²) in [5.41, 5.74) is 1.01. The molecule has 1 aliphatic heterocycles. The van der Waals surface area contributed by atoms with Crippen LogP contribution in [-0.4, -0.2) is 47.7 Å². The van der Waals surface area contributed by atoms with Crippen molar-refractivity contribution in [3.05, 3.63) is 11.4 Å². The van der Waals surface area contributed by atoms with E-state index < -0.39 is 0 Å². The molecule has 0 aromatic carbocycles. The van der Waals surface area contributed by atoms with Gasteiger partial charge in [-0.05, 0) is 39.8 Å². The summed E-state index contributed by atoms with van der Waals surface area (Å²) in [5.74, 6) is 2.46.